The molecule has 0 unspecified atom stereocenters. The van der Waals surface area contributed by atoms with E-state index in [1.807, 2.05) is 0 Å². The molecule has 0 rings (SSSR count). The molecule has 0 aliphatic carbocycles. The largest absolute Gasteiger partial charge is 0.481 e. The third-order valence-corrected chi connectivity index (χ3v) is 3.00. The van der Waals surface area contributed by atoms with Gasteiger partial charge in [-0.2, -0.15) is 0 Å². The van der Waals surface area contributed by atoms with Crippen molar-refractivity contribution in [3.05, 3.63) is 12.7 Å². The molecule has 0 bridgehead atoms. The minimum atomic E-state index is -0.882. The molecule has 0 fully saturated rings. The zero-order valence-electron chi connectivity index (χ0n) is 13.1. The first kappa shape index (κ1) is 19.9. The minimum absolute atomic E-state index is 0.126. The monoisotopic (exact) mass is 314 g/mol. The Kier molecular flexibility index (Phi) is 11.5. The number of rotatable bonds is 12. The summed E-state index contributed by atoms with van der Waals surface area (Å²) in [4.78, 5) is 33.1. The van der Waals surface area contributed by atoms with Gasteiger partial charge in [-0.05, 0) is 25.7 Å². The van der Waals surface area contributed by atoms with Crippen LogP contribution < -0.4 is 10.6 Å². The van der Waals surface area contributed by atoms with Crippen molar-refractivity contribution in [2.75, 3.05) is 19.7 Å². The molecule has 22 heavy (non-hydrogen) atoms. The van der Waals surface area contributed by atoms with Crippen molar-refractivity contribution >= 4 is 18.0 Å². The van der Waals surface area contributed by atoms with Crippen LogP contribution in [-0.2, 0) is 14.3 Å². The van der Waals surface area contributed by atoms with Gasteiger partial charge in [0.15, 0.2) is 0 Å². The Morgan fingerprint density at radius 2 is 1.82 bits per heavy atom. The van der Waals surface area contributed by atoms with Gasteiger partial charge in [-0.25, -0.2) is 4.79 Å². The van der Waals surface area contributed by atoms with Gasteiger partial charge >= 0.3 is 12.1 Å². The second kappa shape index (κ2) is 12.7. The van der Waals surface area contributed by atoms with E-state index in [2.05, 4.69) is 17.2 Å². The van der Waals surface area contributed by atoms with Gasteiger partial charge in [0.2, 0.25) is 5.91 Å². The maximum Gasteiger partial charge on any atom is 0.407 e. The molecule has 0 aliphatic heterocycles. The maximum atomic E-state index is 11.5. The lowest BCUT2D eigenvalue weighted by Crippen LogP contribution is -2.26. The molecular formula is C15H26N2O5. The van der Waals surface area contributed by atoms with Crippen molar-refractivity contribution in [2.24, 2.45) is 5.92 Å². The quantitative estimate of drug-likeness (QED) is 0.375. The van der Waals surface area contributed by atoms with E-state index in [1.165, 1.54) is 6.08 Å². The number of carboxylic acid groups (broad SMARTS) is 1. The second-order valence-corrected chi connectivity index (χ2v) is 5.00. The maximum absolute atomic E-state index is 11.5. The number of unbranched alkanes of at least 4 members (excludes halogenated alkanes) is 2. The van der Waals surface area contributed by atoms with Gasteiger partial charge in [0.25, 0.3) is 0 Å². The summed E-state index contributed by atoms with van der Waals surface area (Å²) in [5, 5.41) is 14.1. The molecule has 0 aromatic carbocycles. The highest BCUT2D eigenvalue weighted by Crippen LogP contribution is 2.05. The third-order valence-electron chi connectivity index (χ3n) is 3.00. The van der Waals surface area contributed by atoms with E-state index < -0.39 is 18.0 Å². The normalized spacial score (nSPS) is 11.3. The van der Waals surface area contributed by atoms with Crippen molar-refractivity contribution in [1.82, 2.24) is 10.6 Å². The van der Waals surface area contributed by atoms with Gasteiger partial charge in [-0.15, -0.1) is 0 Å². The first-order chi connectivity index (χ1) is 10.5. The van der Waals surface area contributed by atoms with E-state index >= 15 is 0 Å². The molecule has 0 saturated heterocycles. The van der Waals surface area contributed by atoms with Gasteiger partial charge in [0, 0.05) is 19.5 Å². The predicted molar refractivity (Wildman–Crippen MR) is 82.4 cm³/mol. The molecule has 1 atom stereocenters. The van der Waals surface area contributed by atoms with Gasteiger partial charge in [0.1, 0.15) is 6.61 Å². The summed E-state index contributed by atoms with van der Waals surface area (Å²) in [6.07, 6.45) is 4.09. The summed E-state index contributed by atoms with van der Waals surface area (Å²) in [7, 11) is 0. The van der Waals surface area contributed by atoms with Crippen LogP contribution in [0.5, 0.6) is 0 Å². The number of aliphatic carboxylic acids is 1. The lowest BCUT2D eigenvalue weighted by atomic mass is 10.1. The molecule has 0 aromatic heterocycles. The van der Waals surface area contributed by atoms with Crippen LogP contribution in [0.2, 0.25) is 0 Å². The van der Waals surface area contributed by atoms with Crippen LogP contribution in [0.25, 0.3) is 0 Å². The SMILES string of the molecule is C=CCOC(=O)NCCCCCNC(=O)CC[C@H](C)C(=O)O. The first-order valence-electron chi connectivity index (χ1n) is 7.48. The number of hydrogen-bond donors (Lipinski definition) is 3. The Morgan fingerprint density at radius 3 is 2.41 bits per heavy atom. The predicted octanol–water partition coefficient (Wildman–Crippen LogP) is 1.69. The summed E-state index contributed by atoms with van der Waals surface area (Å²) >= 11 is 0. The van der Waals surface area contributed by atoms with Crippen molar-refractivity contribution < 1.29 is 24.2 Å². The molecule has 0 radical (unpaired) electrons. The van der Waals surface area contributed by atoms with E-state index in [0.29, 0.717) is 19.5 Å². The zero-order valence-corrected chi connectivity index (χ0v) is 13.1. The Morgan fingerprint density at radius 1 is 1.18 bits per heavy atom. The van der Waals surface area contributed by atoms with Crippen LogP contribution in [0.1, 0.15) is 39.0 Å². The van der Waals surface area contributed by atoms with Crippen molar-refractivity contribution in [3.63, 3.8) is 0 Å². The topological polar surface area (TPSA) is 105 Å². The highest BCUT2D eigenvalue weighted by atomic mass is 16.5. The fourth-order valence-electron chi connectivity index (χ4n) is 1.59. The zero-order chi connectivity index (χ0) is 16.8. The second-order valence-electron chi connectivity index (χ2n) is 5.00. The first-order valence-corrected chi connectivity index (χ1v) is 7.48. The molecule has 0 saturated carbocycles. The van der Waals surface area contributed by atoms with Crippen LogP contribution in [0.15, 0.2) is 12.7 Å². The Balaban J connectivity index is 3.42. The summed E-state index contributed by atoms with van der Waals surface area (Å²) in [5.41, 5.74) is 0. The van der Waals surface area contributed by atoms with E-state index in [-0.39, 0.29) is 18.9 Å². The number of carboxylic acids is 1. The van der Waals surface area contributed by atoms with Gasteiger partial charge in [0.05, 0.1) is 5.92 Å². The third kappa shape index (κ3) is 11.7. The molecule has 0 spiro atoms. The molecule has 3 N–H and O–H groups in total. The van der Waals surface area contributed by atoms with Gasteiger partial charge < -0.3 is 20.5 Å². The summed E-state index contributed by atoms with van der Waals surface area (Å²) in [6, 6.07) is 0. The van der Waals surface area contributed by atoms with Crippen LogP contribution >= 0.6 is 0 Å². The highest BCUT2D eigenvalue weighted by molar-refractivity contribution is 5.77. The minimum Gasteiger partial charge on any atom is -0.481 e. The lowest BCUT2D eigenvalue weighted by Gasteiger charge is -2.08. The standard InChI is InChI=1S/C15H26N2O5/c1-3-11-22-15(21)17-10-6-4-5-9-16-13(18)8-7-12(2)14(19)20/h3,12H,1,4-11H2,2H3,(H,16,18)(H,17,21)(H,19,20)/t12-/m0/s1. The number of hydrogen-bond acceptors (Lipinski definition) is 4. The van der Waals surface area contributed by atoms with Crippen molar-refractivity contribution in [1.29, 1.82) is 0 Å². The number of ether oxygens (including phenoxy) is 1. The summed E-state index contributed by atoms with van der Waals surface area (Å²) in [5.74, 6) is -1.51. The van der Waals surface area contributed by atoms with E-state index in [4.69, 9.17) is 9.84 Å². The molecule has 7 heteroatoms. The van der Waals surface area contributed by atoms with Crippen LogP contribution in [0.3, 0.4) is 0 Å². The van der Waals surface area contributed by atoms with Crippen LogP contribution in [0.4, 0.5) is 4.79 Å². The smallest absolute Gasteiger partial charge is 0.407 e. The van der Waals surface area contributed by atoms with Crippen molar-refractivity contribution in [3.8, 4) is 0 Å². The van der Waals surface area contributed by atoms with Gasteiger partial charge in [-0.1, -0.05) is 19.6 Å². The number of carbonyl (C=O) groups is 3. The van der Waals surface area contributed by atoms with Crippen LogP contribution in [0, 0.1) is 5.92 Å². The molecule has 0 aromatic rings. The van der Waals surface area contributed by atoms with E-state index in [9.17, 15) is 14.4 Å². The van der Waals surface area contributed by atoms with Crippen molar-refractivity contribution in [2.45, 2.75) is 39.0 Å². The number of alkyl carbamates (subject to hydrolysis) is 1. The van der Waals surface area contributed by atoms with Crippen LogP contribution in [-0.4, -0.2) is 42.8 Å². The Bertz CT molecular complexity index is 371. The van der Waals surface area contributed by atoms with E-state index in [0.717, 1.165) is 19.3 Å². The fourth-order valence-corrected chi connectivity index (χ4v) is 1.59. The van der Waals surface area contributed by atoms with E-state index in [1.54, 1.807) is 6.92 Å². The highest BCUT2D eigenvalue weighted by Gasteiger charge is 2.12. The lowest BCUT2D eigenvalue weighted by molar-refractivity contribution is -0.141. The average Bonchev–Trinajstić information content (AvgIpc) is 2.49. The number of amides is 2. The Hall–Kier alpha value is -2.05. The molecule has 126 valence electrons. The van der Waals surface area contributed by atoms with Gasteiger partial charge in [-0.3, -0.25) is 9.59 Å². The number of nitrogens with one attached hydrogen (secondary N) is 2. The summed E-state index contributed by atoms with van der Waals surface area (Å²) in [6.45, 7) is 6.30. The average molecular weight is 314 g/mol. The molecule has 0 aliphatic rings. The molecular weight excluding hydrogens is 288 g/mol. The molecule has 7 nitrogen and oxygen atoms in total. The molecule has 2 amide bonds. The molecule has 0 heterocycles. The number of carbonyl (C=O) groups excluding carboxylic acids is 2. The Labute approximate surface area is 131 Å². The fraction of sp³-hybridized carbons (Fsp3) is 0.667. The summed E-state index contributed by atoms with van der Waals surface area (Å²) < 4.78 is 4.75.